The Labute approximate surface area is 118 Å². The Kier molecular flexibility index (Phi) is 4.31. The lowest BCUT2D eigenvalue weighted by atomic mass is 10.2. The second kappa shape index (κ2) is 5.77. The number of carbonyl (C=O) groups is 1. The number of nitrogens with zero attached hydrogens (tertiary/aromatic N) is 3. The van der Waals surface area contributed by atoms with Crippen molar-refractivity contribution in [3.8, 4) is 0 Å². The van der Waals surface area contributed by atoms with Crippen LogP contribution in [0.15, 0.2) is 28.2 Å². The minimum Gasteiger partial charge on any atom is -0.308 e. The summed E-state index contributed by atoms with van der Waals surface area (Å²) in [6.07, 6.45) is 1.68. The minimum absolute atomic E-state index is 0.0214. The van der Waals surface area contributed by atoms with Crippen LogP contribution in [0.25, 0.3) is 0 Å². The first kappa shape index (κ1) is 13.5. The number of thiophene rings is 1. The summed E-state index contributed by atoms with van der Waals surface area (Å²) in [7, 11) is 4.00. The summed E-state index contributed by atoms with van der Waals surface area (Å²) in [6, 6.07) is 3.72. The van der Waals surface area contributed by atoms with Gasteiger partial charge < -0.3 is 4.90 Å². The zero-order valence-electron chi connectivity index (χ0n) is 10.3. The summed E-state index contributed by atoms with van der Waals surface area (Å²) in [4.78, 5) is 15.2. The number of hydrogen-bond donors (Lipinski definition) is 0. The third-order valence-corrected chi connectivity index (χ3v) is 3.96. The van der Waals surface area contributed by atoms with E-state index in [0.29, 0.717) is 12.2 Å². The molecule has 0 spiro atoms. The van der Waals surface area contributed by atoms with Crippen LogP contribution in [0.2, 0.25) is 0 Å². The van der Waals surface area contributed by atoms with Gasteiger partial charge in [-0.25, -0.2) is 0 Å². The smallest absolute Gasteiger partial charge is 0.222 e. The van der Waals surface area contributed by atoms with Gasteiger partial charge in [0.2, 0.25) is 5.78 Å². The lowest BCUT2D eigenvalue weighted by molar-refractivity contribution is 0.103. The fourth-order valence-electron chi connectivity index (χ4n) is 1.58. The summed E-state index contributed by atoms with van der Waals surface area (Å²) < 4.78 is 2.51. The lowest BCUT2D eigenvalue weighted by Crippen LogP contribution is -2.21. The maximum Gasteiger partial charge on any atom is 0.222 e. The van der Waals surface area contributed by atoms with Crippen LogP contribution in [0.1, 0.15) is 15.4 Å². The van der Waals surface area contributed by atoms with Gasteiger partial charge in [0.25, 0.3) is 0 Å². The third kappa shape index (κ3) is 2.88. The predicted molar refractivity (Wildman–Crippen MR) is 76.2 cm³/mol. The zero-order chi connectivity index (χ0) is 13.1. The summed E-state index contributed by atoms with van der Waals surface area (Å²) in [6.45, 7) is 1.55. The van der Waals surface area contributed by atoms with E-state index in [-0.39, 0.29) is 5.78 Å². The molecule has 0 aliphatic carbocycles. The van der Waals surface area contributed by atoms with Crippen molar-refractivity contribution in [1.82, 2.24) is 14.7 Å². The van der Waals surface area contributed by atoms with E-state index in [1.54, 1.807) is 10.9 Å². The molecule has 0 aromatic carbocycles. The second-order valence-corrected chi connectivity index (χ2v) is 5.98. The highest BCUT2D eigenvalue weighted by Crippen LogP contribution is 2.22. The van der Waals surface area contributed by atoms with E-state index >= 15 is 0 Å². The van der Waals surface area contributed by atoms with Gasteiger partial charge in [0.1, 0.15) is 5.69 Å². The van der Waals surface area contributed by atoms with Gasteiger partial charge in [-0.1, -0.05) is 6.07 Å². The molecule has 0 bridgehead atoms. The first-order valence-corrected chi connectivity index (χ1v) is 7.21. The van der Waals surface area contributed by atoms with Crippen molar-refractivity contribution in [2.24, 2.45) is 0 Å². The molecule has 0 saturated carbocycles. The molecule has 0 N–H and O–H groups in total. The van der Waals surface area contributed by atoms with Crippen LogP contribution in [0.3, 0.4) is 0 Å². The van der Waals surface area contributed by atoms with Gasteiger partial charge in [-0.3, -0.25) is 9.48 Å². The SMILES string of the molecule is CN(C)CCn1ncc(Br)c1C(=O)c1cccs1. The topological polar surface area (TPSA) is 38.1 Å². The monoisotopic (exact) mass is 327 g/mol. The van der Waals surface area contributed by atoms with Crippen molar-refractivity contribution in [2.45, 2.75) is 6.54 Å². The number of likely N-dealkylation sites (N-methyl/N-ethyl adjacent to an activating group) is 1. The number of hydrogen-bond acceptors (Lipinski definition) is 4. The van der Waals surface area contributed by atoms with E-state index in [0.717, 1.165) is 15.9 Å². The maximum atomic E-state index is 12.4. The third-order valence-electron chi connectivity index (χ3n) is 2.51. The van der Waals surface area contributed by atoms with Crippen molar-refractivity contribution in [3.05, 3.63) is 38.8 Å². The van der Waals surface area contributed by atoms with Gasteiger partial charge in [-0.05, 0) is 41.5 Å². The molecule has 4 nitrogen and oxygen atoms in total. The molecule has 18 heavy (non-hydrogen) atoms. The molecule has 2 rings (SSSR count). The van der Waals surface area contributed by atoms with E-state index in [9.17, 15) is 4.79 Å². The Balaban J connectivity index is 2.26. The van der Waals surface area contributed by atoms with Gasteiger partial charge in [-0.2, -0.15) is 5.10 Å². The Morgan fingerprint density at radius 3 is 2.94 bits per heavy atom. The Morgan fingerprint density at radius 2 is 2.33 bits per heavy atom. The molecular formula is C12H14BrN3OS. The van der Waals surface area contributed by atoms with Gasteiger partial charge in [-0.15, -0.1) is 11.3 Å². The van der Waals surface area contributed by atoms with Gasteiger partial charge in [0.15, 0.2) is 0 Å². The van der Waals surface area contributed by atoms with Gasteiger partial charge in [0.05, 0.1) is 22.1 Å². The summed E-state index contributed by atoms with van der Waals surface area (Å²) in [5.41, 5.74) is 0.624. The Hall–Kier alpha value is -0.980. The standard InChI is InChI=1S/C12H14BrN3OS/c1-15(2)5-6-16-11(9(13)8-14-16)12(17)10-4-3-7-18-10/h3-4,7-8H,5-6H2,1-2H3. The molecule has 0 atom stereocenters. The van der Waals surface area contributed by atoms with Crippen molar-refractivity contribution in [3.63, 3.8) is 0 Å². The summed E-state index contributed by atoms with van der Waals surface area (Å²) in [5.74, 6) is 0.0214. The molecule has 0 aliphatic rings. The van der Waals surface area contributed by atoms with Crippen molar-refractivity contribution < 1.29 is 4.79 Å². The summed E-state index contributed by atoms with van der Waals surface area (Å²) in [5, 5.41) is 6.15. The zero-order valence-corrected chi connectivity index (χ0v) is 12.7. The highest BCUT2D eigenvalue weighted by molar-refractivity contribution is 9.10. The van der Waals surface area contributed by atoms with E-state index in [1.807, 2.05) is 31.6 Å². The highest BCUT2D eigenvalue weighted by Gasteiger charge is 2.19. The van der Waals surface area contributed by atoms with E-state index < -0.39 is 0 Å². The minimum atomic E-state index is 0.0214. The van der Waals surface area contributed by atoms with Crippen molar-refractivity contribution >= 4 is 33.0 Å². The van der Waals surface area contributed by atoms with Gasteiger partial charge in [0, 0.05) is 6.54 Å². The van der Waals surface area contributed by atoms with Crippen LogP contribution in [-0.4, -0.2) is 41.1 Å². The van der Waals surface area contributed by atoms with E-state index in [4.69, 9.17) is 0 Å². The van der Waals surface area contributed by atoms with Crippen LogP contribution in [0, 0.1) is 0 Å². The molecule has 2 aromatic heterocycles. The number of ketones is 1. The molecule has 0 amide bonds. The van der Waals surface area contributed by atoms with Crippen LogP contribution in [0.5, 0.6) is 0 Å². The molecule has 6 heteroatoms. The first-order chi connectivity index (χ1) is 8.59. The lowest BCUT2D eigenvalue weighted by Gasteiger charge is -2.11. The fraction of sp³-hybridized carbons (Fsp3) is 0.333. The average molecular weight is 328 g/mol. The number of halogens is 1. The van der Waals surface area contributed by atoms with Crippen molar-refractivity contribution in [2.75, 3.05) is 20.6 Å². The Morgan fingerprint density at radius 1 is 1.56 bits per heavy atom. The molecule has 2 heterocycles. The second-order valence-electron chi connectivity index (χ2n) is 4.17. The van der Waals surface area contributed by atoms with E-state index in [1.165, 1.54) is 11.3 Å². The first-order valence-electron chi connectivity index (χ1n) is 5.54. The highest BCUT2D eigenvalue weighted by atomic mass is 79.9. The Bertz CT molecular complexity index is 534. The molecule has 0 saturated heterocycles. The van der Waals surface area contributed by atoms with Crippen LogP contribution >= 0.6 is 27.3 Å². The van der Waals surface area contributed by atoms with Crippen LogP contribution in [-0.2, 0) is 6.54 Å². The predicted octanol–water partition coefficient (Wildman–Crippen LogP) is 2.50. The number of carbonyl (C=O) groups excluding carboxylic acids is 1. The molecule has 0 aliphatic heterocycles. The van der Waals surface area contributed by atoms with Crippen LogP contribution < -0.4 is 0 Å². The average Bonchev–Trinajstić information content (AvgIpc) is 2.94. The molecule has 0 radical (unpaired) electrons. The molecular weight excluding hydrogens is 314 g/mol. The van der Waals surface area contributed by atoms with E-state index in [2.05, 4.69) is 25.9 Å². The maximum absolute atomic E-state index is 12.4. The molecule has 0 fully saturated rings. The fourth-order valence-corrected chi connectivity index (χ4v) is 2.72. The quantitative estimate of drug-likeness (QED) is 0.792. The summed E-state index contributed by atoms with van der Waals surface area (Å²) >= 11 is 4.85. The molecule has 96 valence electrons. The normalized spacial score (nSPS) is 11.1. The van der Waals surface area contributed by atoms with Gasteiger partial charge >= 0.3 is 0 Å². The largest absolute Gasteiger partial charge is 0.308 e. The number of rotatable bonds is 5. The van der Waals surface area contributed by atoms with Crippen LogP contribution in [0.4, 0.5) is 0 Å². The number of aromatic nitrogens is 2. The van der Waals surface area contributed by atoms with Crippen molar-refractivity contribution in [1.29, 1.82) is 0 Å². The molecule has 0 unspecified atom stereocenters. The molecule has 2 aromatic rings.